The zero-order valence-electron chi connectivity index (χ0n) is 13.0. The quantitative estimate of drug-likeness (QED) is 0.762. The number of ether oxygens (including phenoxy) is 1. The molecule has 1 rings (SSSR count). The normalized spacial score (nSPS) is 19.9. The van der Waals surface area contributed by atoms with E-state index in [1.54, 1.807) is 18.7 Å². The van der Waals surface area contributed by atoms with Crippen molar-refractivity contribution in [2.75, 3.05) is 6.26 Å². The summed E-state index contributed by atoms with van der Waals surface area (Å²) in [6, 6.07) is 2.22. The molecule has 6 heteroatoms. The van der Waals surface area contributed by atoms with Gasteiger partial charge in [-0.1, -0.05) is 26.2 Å². The number of amides is 1. The van der Waals surface area contributed by atoms with Crippen molar-refractivity contribution in [3.05, 3.63) is 0 Å². The van der Waals surface area contributed by atoms with E-state index in [9.17, 15) is 14.9 Å². The van der Waals surface area contributed by atoms with E-state index in [4.69, 9.17) is 4.74 Å². The number of carbonyl (C=O) groups excluding carboxylic acids is 2. The van der Waals surface area contributed by atoms with Crippen LogP contribution in [0.1, 0.15) is 52.4 Å². The molecule has 0 heterocycles. The van der Waals surface area contributed by atoms with Gasteiger partial charge in [-0.05, 0) is 26.0 Å². The molecular weight excluding hydrogens is 288 g/mol. The van der Waals surface area contributed by atoms with Crippen LogP contribution in [-0.4, -0.2) is 35.0 Å². The van der Waals surface area contributed by atoms with Gasteiger partial charge in [-0.3, -0.25) is 9.59 Å². The fourth-order valence-corrected chi connectivity index (χ4v) is 2.68. The second-order valence-corrected chi connectivity index (χ2v) is 6.90. The zero-order valence-corrected chi connectivity index (χ0v) is 13.8. The van der Waals surface area contributed by atoms with E-state index in [0.717, 1.165) is 19.3 Å². The fourth-order valence-electron chi connectivity index (χ4n) is 2.37. The van der Waals surface area contributed by atoms with E-state index in [1.807, 2.05) is 13.2 Å². The molecule has 21 heavy (non-hydrogen) atoms. The molecule has 1 fully saturated rings. The standard InChI is InChI=1S/C15H24N2O3S/c1-11(21-3)9-13(18)20-12(2)14(19)17-15(10-16)7-5-4-6-8-15/h11-12H,4-9H2,1-3H3,(H,17,19)/t11-,12-/m1/s1. The first-order chi connectivity index (χ1) is 9.92. The number of nitrogens with one attached hydrogen (secondary N) is 1. The number of rotatable bonds is 6. The summed E-state index contributed by atoms with van der Waals surface area (Å²) < 4.78 is 5.14. The molecule has 0 bridgehead atoms. The minimum absolute atomic E-state index is 0.163. The van der Waals surface area contributed by atoms with Gasteiger partial charge in [-0.25, -0.2) is 0 Å². The lowest BCUT2D eigenvalue weighted by atomic mass is 9.83. The van der Waals surface area contributed by atoms with E-state index in [0.29, 0.717) is 12.8 Å². The van der Waals surface area contributed by atoms with Gasteiger partial charge in [0.15, 0.2) is 6.10 Å². The molecule has 0 saturated heterocycles. The Labute approximate surface area is 130 Å². The van der Waals surface area contributed by atoms with Crippen molar-refractivity contribution in [1.29, 1.82) is 5.26 Å². The molecule has 0 aromatic heterocycles. The molecule has 1 amide bonds. The summed E-state index contributed by atoms with van der Waals surface area (Å²) in [7, 11) is 0. The molecule has 0 spiro atoms. The summed E-state index contributed by atoms with van der Waals surface area (Å²) in [6.07, 6.45) is 5.64. The lowest BCUT2D eigenvalue weighted by molar-refractivity contribution is -0.155. The number of hydrogen-bond acceptors (Lipinski definition) is 5. The number of nitriles is 1. The van der Waals surface area contributed by atoms with E-state index in [1.165, 1.54) is 0 Å². The van der Waals surface area contributed by atoms with Crippen LogP contribution in [0.5, 0.6) is 0 Å². The van der Waals surface area contributed by atoms with Gasteiger partial charge in [-0.2, -0.15) is 17.0 Å². The lowest BCUT2D eigenvalue weighted by Crippen LogP contribution is -2.52. The van der Waals surface area contributed by atoms with Crippen LogP contribution in [0, 0.1) is 11.3 Å². The first-order valence-electron chi connectivity index (χ1n) is 7.38. The molecule has 1 aliphatic rings. The van der Waals surface area contributed by atoms with Crippen molar-refractivity contribution in [2.45, 2.75) is 69.3 Å². The van der Waals surface area contributed by atoms with Gasteiger partial charge in [0.25, 0.3) is 5.91 Å². The Balaban J connectivity index is 2.50. The predicted molar refractivity (Wildman–Crippen MR) is 82.7 cm³/mol. The summed E-state index contributed by atoms with van der Waals surface area (Å²) >= 11 is 1.58. The third kappa shape index (κ3) is 5.58. The van der Waals surface area contributed by atoms with E-state index >= 15 is 0 Å². The topological polar surface area (TPSA) is 79.2 Å². The van der Waals surface area contributed by atoms with Crippen LogP contribution < -0.4 is 5.32 Å². The van der Waals surface area contributed by atoms with E-state index < -0.39 is 11.6 Å². The molecule has 0 unspecified atom stereocenters. The molecule has 118 valence electrons. The smallest absolute Gasteiger partial charge is 0.307 e. The predicted octanol–water partition coefficient (Wildman–Crippen LogP) is 2.40. The molecule has 1 N–H and O–H groups in total. The van der Waals surface area contributed by atoms with Gasteiger partial charge >= 0.3 is 5.97 Å². The summed E-state index contributed by atoms with van der Waals surface area (Å²) in [5, 5.41) is 12.3. The Morgan fingerprint density at radius 2 is 1.95 bits per heavy atom. The van der Waals surface area contributed by atoms with Crippen molar-refractivity contribution in [1.82, 2.24) is 5.32 Å². The van der Waals surface area contributed by atoms with Gasteiger partial charge in [0, 0.05) is 5.25 Å². The first-order valence-corrected chi connectivity index (χ1v) is 8.67. The van der Waals surface area contributed by atoms with Gasteiger partial charge in [0.05, 0.1) is 12.5 Å². The third-order valence-corrected chi connectivity index (χ3v) is 4.79. The van der Waals surface area contributed by atoms with Crippen molar-refractivity contribution in [3.8, 4) is 6.07 Å². The fraction of sp³-hybridized carbons (Fsp3) is 0.800. The van der Waals surface area contributed by atoms with Crippen LogP contribution in [0.4, 0.5) is 0 Å². The number of hydrogen-bond donors (Lipinski definition) is 1. The molecule has 0 aromatic rings. The summed E-state index contributed by atoms with van der Waals surface area (Å²) in [4.78, 5) is 23.8. The minimum atomic E-state index is -0.862. The van der Waals surface area contributed by atoms with Crippen LogP contribution in [-0.2, 0) is 14.3 Å². The van der Waals surface area contributed by atoms with Crippen LogP contribution in [0.3, 0.4) is 0 Å². The monoisotopic (exact) mass is 312 g/mol. The summed E-state index contributed by atoms with van der Waals surface area (Å²) in [5.41, 5.74) is -0.789. The Morgan fingerprint density at radius 1 is 1.33 bits per heavy atom. The first kappa shape index (κ1) is 17.8. The van der Waals surface area contributed by atoms with Crippen LogP contribution in [0.15, 0.2) is 0 Å². The number of thioether (sulfide) groups is 1. The van der Waals surface area contributed by atoms with Crippen molar-refractivity contribution in [2.24, 2.45) is 0 Å². The van der Waals surface area contributed by atoms with Gasteiger partial charge in [-0.15, -0.1) is 0 Å². The second-order valence-electron chi connectivity index (χ2n) is 5.63. The highest BCUT2D eigenvalue weighted by Gasteiger charge is 2.35. The summed E-state index contributed by atoms with van der Waals surface area (Å²) in [5.74, 6) is -0.766. The summed E-state index contributed by atoms with van der Waals surface area (Å²) in [6.45, 7) is 3.48. The van der Waals surface area contributed by atoms with Crippen LogP contribution >= 0.6 is 11.8 Å². The molecule has 1 saturated carbocycles. The largest absolute Gasteiger partial charge is 0.453 e. The van der Waals surface area contributed by atoms with Crippen molar-refractivity contribution < 1.29 is 14.3 Å². The zero-order chi connectivity index (χ0) is 15.9. The molecule has 5 nitrogen and oxygen atoms in total. The van der Waals surface area contributed by atoms with Gasteiger partial charge in [0.1, 0.15) is 5.54 Å². The maximum absolute atomic E-state index is 12.1. The number of nitrogens with zero attached hydrogens (tertiary/aromatic N) is 1. The average Bonchev–Trinajstić information content (AvgIpc) is 2.47. The highest BCUT2D eigenvalue weighted by molar-refractivity contribution is 7.99. The average molecular weight is 312 g/mol. The van der Waals surface area contributed by atoms with E-state index in [-0.39, 0.29) is 23.5 Å². The highest BCUT2D eigenvalue weighted by atomic mass is 32.2. The molecule has 0 aliphatic heterocycles. The maximum atomic E-state index is 12.1. The van der Waals surface area contributed by atoms with E-state index in [2.05, 4.69) is 11.4 Å². The lowest BCUT2D eigenvalue weighted by Gasteiger charge is -2.32. The van der Waals surface area contributed by atoms with Crippen molar-refractivity contribution >= 4 is 23.6 Å². The second kappa shape index (κ2) is 8.28. The van der Waals surface area contributed by atoms with Gasteiger partial charge in [0.2, 0.25) is 0 Å². The van der Waals surface area contributed by atoms with Gasteiger partial charge < -0.3 is 10.1 Å². The Bertz CT molecular complexity index is 414. The maximum Gasteiger partial charge on any atom is 0.307 e. The molecule has 0 radical (unpaired) electrons. The number of esters is 1. The molecule has 1 aliphatic carbocycles. The SMILES string of the molecule is CS[C@H](C)CC(=O)O[C@H](C)C(=O)NC1(C#N)CCCCC1. The van der Waals surface area contributed by atoms with Crippen molar-refractivity contribution in [3.63, 3.8) is 0 Å². The third-order valence-electron chi connectivity index (χ3n) is 3.82. The van der Waals surface area contributed by atoms with Crippen LogP contribution in [0.25, 0.3) is 0 Å². The Hall–Kier alpha value is -1.22. The Morgan fingerprint density at radius 3 is 2.48 bits per heavy atom. The van der Waals surface area contributed by atoms with Crippen LogP contribution in [0.2, 0.25) is 0 Å². The molecular formula is C15H24N2O3S. The minimum Gasteiger partial charge on any atom is -0.453 e. The highest BCUT2D eigenvalue weighted by Crippen LogP contribution is 2.27. The number of carbonyl (C=O) groups is 2. The molecule has 0 aromatic carbocycles. The Kier molecular flexibility index (Phi) is 7.03. The molecule has 2 atom stereocenters.